The van der Waals surface area contributed by atoms with Crippen molar-refractivity contribution in [3.8, 4) is 0 Å². The molecule has 2 aromatic rings. The number of hydrogen-bond donors (Lipinski definition) is 1. The molecule has 1 saturated heterocycles. The summed E-state index contributed by atoms with van der Waals surface area (Å²) < 4.78 is 0. The quantitative estimate of drug-likeness (QED) is 0.777. The minimum Gasteiger partial charge on any atom is -0.384 e. The van der Waals surface area contributed by atoms with E-state index in [1.54, 1.807) is 6.20 Å². The lowest BCUT2D eigenvalue weighted by atomic mass is 9.36. The Kier molecular flexibility index (Phi) is 3.62. The number of fused-ring (bicyclic) bond motifs is 2. The molecule has 0 spiro atoms. The Morgan fingerprint density at radius 2 is 1.64 bits per heavy atom. The van der Waals surface area contributed by atoms with E-state index in [4.69, 9.17) is 11.6 Å². The number of aromatic nitrogens is 1. The third kappa shape index (κ3) is 2.21. The van der Waals surface area contributed by atoms with Crippen molar-refractivity contribution in [3.05, 3.63) is 64.9 Å². The molecule has 7 rings (SSSR count). The first-order valence-electron chi connectivity index (χ1n) is 10.7. The van der Waals surface area contributed by atoms with Crippen molar-refractivity contribution in [2.45, 2.75) is 55.1 Å². The lowest BCUT2D eigenvalue weighted by Gasteiger charge is -2.76. The lowest BCUT2D eigenvalue weighted by molar-refractivity contribution is -0.229. The number of hydrogen-bond acceptors (Lipinski definition) is 3. The second-order valence-corrected chi connectivity index (χ2v) is 10.2. The molecule has 4 heteroatoms. The first-order valence-corrected chi connectivity index (χ1v) is 11.1. The first kappa shape index (κ1) is 17.4. The predicted octanol–water partition coefficient (Wildman–Crippen LogP) is 4.53. The fourth-order valence-corrected chi connectivity index (χ4v) is 7.30. The molecule has 2 heterocycles. The molecule has 4 bridgehead atoms. The number of piperidine rings is 1. The Balaban J connectivity index is 1.25. The van der Waals surface area contributed by atoms with Gasteiger partial charge in [-0.05, 0) is 55.4 Å². The molecule has 5 fully saturated rings. The second-order valence-electron chi connectivity index (χ2n) is 9.82. The molecule has 0 amide bonds. The van der Waals surface area contributed by atoms with Gasteiger partial charge in [0.15, 0.2) is 0 Å². The highest BCUT2D eigenvalue weighted by atomic mass is 35.5. The minimum atomic E-state index is -0.748. The van der Waals surface area contributed by atoms with Gasteiger partial charge in [0.2, 0.25) is 0 Å². The normalized spacial score (nSPS) is 41.8. The van der Waals surface area contributed by atoms with Crippen LogP contribution in [0.25, 0.3) is 0 Å². The van der Waals surface area contributed by atoms with Crippen LogP contribution < -0.4 is 0 Å². The summed E-state index contributed by atoms with van der Waals surface area (Å²) >= 11 is 6.16. The molecule has 1 aromatic carbocycles. The van der Waals surface area contributed by atoms with E-state index in [-0.39, 0.29) is 0 Å². The van der Waals surface area contributed by atoms with Gasteiger partial charge in [-0.1, -0.05) is 48.4 Å². The summed E-state index contributed by atoms with van der Waals surface area (Å²) in [5.74, 6) is 0.584. The molecule has 1 aromatic heterocycles. The van der Waals surface area contributed by atoms with Crippen LogP contribution in [0.1, 0.15) is 49.7 Å². The van der Waals surface area contributed by atoms with Crippen LogP contribution in [-0.4, -0.2) is 33.6 Å². The molecule has 1 N–H and O–H groups in total. The second kappa shape index (κ2) is 5.81. The standard InChI is InChI=1S/C24H27ClN2O/c25-21-11-18(9-10-26-21)24(28)19-7-4-8-20(24)13-27(12-19)23-14-22(15-23,16-23)17-5-2-1-3-6-17/h1-3,5-6,9-11,19-20,28H,4,7-8,12-16H2/t19-,20+,22?,23?,24+. The largest absolute Gasteiger partial charge is 0.384 e. The molecular formula is C24H27ClN2O. The number of halogens is 1. The summed E-state index contributed by atoms with van der Waals surface area (Å²) in [5, 5.41) is 12.3. The third-order valence-corrected chi connectivity index (χ3v) is 8.69. The number of likely N-dealkylation sites (tertiary alicyclic amines) is 1. The highest BCUT2D eigenvalue weighted by Gasteiger charge is 2.71. The molecule has 3 atom stereocenters. The Morgan fingerprint density at radius 3 is 2.29 bits per heavy atom. The number of nitrogens with zero attached hydrogens (tertiary/aromatic N) is 2. The van der Waals surface area contributed by atoms with Crippen LogP contribution in [0.3, 0.4) is 0 Å². The fourth-order valence-electron chi connectivity index (χ4n) is 7.13. The van der Waals surface area contributed by atoms with E-state index in [2.05, 4.69) is 40.2 Å². The zero-order valence-corrected chi connectivity index (χ0v) is 16.9. The molecular weight excluding hydrogens is 368 g/mol. The Hall–Kier alpha value is -1.42. The summed E-state index contributed by atoms with van der Waals surface area (Å²) in [6.07, 6.45) is 9.05. The van der Waals surface area contributed by atoms with E-state index in [9.17, 15) is 5.11 Å². The van der Waals surface area contributed by atoms with Gasteiger partial charge >= 0.3 is 0 Å². The molecule has 5 aliphatic rings. The fraction of sp³-hybridized carbons (Fsp3) is 0.542. The van der Waals surface area contributed by atoms with Crippen LogP contribution in [0.15, 0.2) is 48.7 Å². The van der Waals surface area contributed by atoms with E-state index in [1.807, 2.05) is 12.1 Å². The Labute approximate surface area is 171 Å². The highest BCUT2D eigenvalue weighted by Crippen LogP contribution is 2.71. The van der Waals surface area contributed by atoms with E-state index >= 15 is 0 Å². The highest BCUT2D eigenvalue weighted by molar-refractivity contribution is 6.29. The topological polar surface area (TPSA) is 36.4 Å². The van der Waals surface area contributed by atoms with Crippen molar-refractivity contribution in [2.24, 2.45) is 11.8 Å². The smallest absolute Gasteiger partial charge is 0.129 e. The number of pyridine rings is 1. The monoisotopic (exact) mass is 394 g/mol. The van der Waals surface area contributed by atoms with Gasteiger partial charge < -0.3 is 5.11 Å². The van der Waals surface area contributed by atoms with E-state index in [1.165, 1.54) is 31.2 Å². The summed E-state index contributed by atoms with van der Waals surface area (Å²) in [5.41, 5.74) is 2.57. The van der Waals surface area contributed by atoms with E-state index in [0.717, 1.165) is 31.5 Å². The van der Waals surface area contributed by atoms with Crippen LogP contribution in [0, 0.1) is 11.8 Å². The van der Waals surface area contributed by atoms with Crippen molar-refractivity contribution in [1.82, 2.24) is 9.88 Å². The van der Waals surface area contributed by atoms with Crippen molar-refractivity contribution in [2.75, 3.05) is 13.1 Å². The lowest BCUT2D eigenvalue weighted by Crippen LogP contribution is -2.79. The van der Waals surface area contributed by atoms with Gasteiger partial charge in [0.1, 0.15) is 5.15 Å². The van der Waals surface area contributed by atoms with Crippen LogP contribution in [-0.2, 0) is 11.0 Å². The van der Waals surface area contributed by atoms with Crippen molar-refractivity contribution >= 4 is 11.6 Å². The van der Waals surface area contributed by atoms with Crippen molar-refractivity contribution in [3.63, 3.8) is 0 Å². The van der Waals surface area contributed by atoms with E-state index < -0.39 is 5.60 Å². The molecule has 4 aliphatic carbocycles. The maximum atomic E-state index is 11.8. The zero-order valence-electron chi connectivity index (χ0n) is 16.1. The van der Waals surface area contributed by atoms with Crippen LogP contribution in [0.4, 0.5) is 0 Å². The van der Waals surface area contributed by atoms with Gasteiger partial charge in [-0.15, -0.1) is 0 Å². The maximum Gasteiger partial charge on any atom is 0.129 e. The molecule has 28 heavy (non-hydrogen) atoms. The van der Waals surface area contributed by atoms with Crippen molar-refractivity contribution in [1.29, 1.82) is 0 Å². The summed E-state index contributed by atoms with van der Waals surface area (Å²) in [4.78, 5) is 6.88. The van der Waals surface area contributed by atoms with Crippen LogP contribution >= 0.6 is 11.6 Å². The summed E-state index contributed by atoms with van der Waals surface area (Å²) in [7, 11) is 0. The van der Waals surface area contributed by atoms with Gasteiger partial charge in [0, 0.05) is 42.1 Å². The summed E-state index contributed by atoms with van der Waals surface area (Å²) in [6, 6.07) is 14.9. The van der Waals surface area contributed by atoms with Gasteiger partial charge in [-0.25, -0.2) is 4.98 Å². The van der Waals surface area contributed by atoms with Gasteiger partial charge in [0.25, 0.3) is 0 Å². The molecule has 146 valence electrons. The van der Waals surface area contributed by atoms with Crippen LogP contribution in [0.2, 0.25) is 5.15 Å². The van der Waals surface area contributed by atoms with E-state index in [0.29, 0.717) is 27.9 Å². The predicted molar refractivity (Wildman–Crippen MR) is 110 cm³/mol. The van der Waals surface area contributed by atoms with Gasteiger partial charge in [-0.3, -0.25) is 4.90 Å². The van der Waals surface area contributed by atoms with Crippen molar-refractivity contribution < 1.29 is 5.11 Å². The molecule has 0 unspecified atom stereocenters. The van der Waals surface area contributed by atoms with Gasteiger partial charge in [-0.2, -0.15) is 0 Å². The molecule has 0 radical (unpaired) electrons. The Bertz CT molecular complexity index is 880. The number of aliphatic hydroxyl groups is 1. The zero-order chi connectivity index (χ0) is 19.0. The SMILES string of the molecule is O[C@@]1(c2ccnc(Cl)c2)[C@@H]2CCC[C@H]1CN(C13CC(c4ccccc4)(C1)C3)C2. The van der Waals surface area contributed by atoms with Crippen LogP contribution in [0.5, 0.6) is 0 Å². The third-order valence-electron chi connectivity index (χ3n) is 8.48. The summed E-state index contributed by atoms with van der Waals surface area (Å²) in [6.45, 7) is 2.02. The first-order chi connectivity index (χ1) is 13.5. The number of rotatable bonds is 3. The molecule has 3 nitrogen and oxygen atoms in total. The average Bonchev–Trinajstić information content (AvgIpc) is 2.61. The maximum absolute atomic E-state index is 11.8. The molecule has 1 aliphatic heterocycles. The number of benzene rings is 1. The van der Waals surface area contributed by atoms with Gasteiger partial charge in [0.05, 0.1) is 5.60 Å². The average molecular weight is 395 g/mol. The Morgan fingerprint density at radius 1 is 0.964 bits per heavy atom. The molecule has 4 saturated carbocycles. The minimum absolute atomic E-state index is 0.292.